The zero-order valence-corrected chi connectivity index (χ0v) is 11.2. The van der Waals surface area contributed by atoms with Crippen LogP contribution in [-0.4, -0.2) is 29.5 Å². The van der Waals surface area contributed by atoms with E-state index in [2.05, 4.69) is 25.7 Å². The van der Waals surface area contributed by atoms with Gasteiger partial charge >= 0.3 is 0 Å². The number of halogens is 2. The van der Waals surface area contributed by atoms with Crippen LogP contribution in [0.2, 0.25) is 0 Å². The molecule has 1 saturated carbocycles. The Balaban J connectivity index is 1.94. The molecule has 98 valence electrons. The summed E-state index contributed by atoms with van der Waals surface area (Å²) in [4.78, 5) is 2.14. The fourth-order valence-electron chi connectivity index (χ4n) is 4.17. The van der Waals surface area contributed by atoms with Crippen molar-refractivity contribution in [1.82, 2.24) is 4.90 Å². The van der Waals surface area contributed by atoms with Gasteiger partial charge in [0.05, 0.1) is 6.54 Å². The maximum absolute atomic E-state index is 13.6. The maximum Gasteiger partial charge on any atom is 0.260 e. The number of fused-ring (bicyclic) bond motifs is 1. The maximum atomic E-state index is 13.6. The van der Waals surface area contributed by atoms with Crippen LogP contribution in [0.3, 0.4) is 0 Å². The second-order valence-electron chi connectivity index (χ2n) is 7.67. The van der Waals surface area contributed by atoms with E-state index in [0.29, 0.717) is 11.8 Å². The van der Waals surface area contributed by atoms with Gasteiger partial charge < -0.3 is 0 Å². The minimum atomic E-state index is -2.46. The van der Waals surface area contributed by atoms with Crippen molar-refractivity contribution in [2.24, 2.45) is 10.8 Å². The van der Waals surface area contributed by atoms with E-state index in [9.17, 15) is 8.78 Å². The molecule has 1 atom stereocenters. The fourth-order valence-corrected chi connectivity index (χ4v) is 4.17. The van der Waals surface area contributed by atoms with Crippen LogP contribution < -0.4 is 0 Å². The molecule has 0 bridgehead atoms. The van der Waals surface area contributed by atoms with Crippen molar-refractivity contribution in [3.05, 3.63) is 0 Å². The first-order chi connectivity index (χ1) is 7.68. The van der Waals surface area contributed by atoms with E-state index >= 15 is 0 Å². The molecule has 0 N–H and O–H groups in total. The molecule has 2 saturated heterocycles. The Kier molecular flexibility index (Phi) is 2.12. The van der Waals surface area contributed by atoms with Crippen molar-refractivity contribution < 1.29 is 8.78 Å². The van der Waals surface area contributed by atoms with Crippen LogP contribution in [0.1, 0.15) is 52.9 Å². The summed E-state index contributed by atoms with van der Waals surface area (Å²) in [6.45, 7) is 7.59. The van der Waals surface area contributed by atoms with Gasteiger partial charge in [0.25, 0.3) is 5.92 Å². The normalized spacial score (nSPS) is 39.4. The Morgan fingerprint density at radius 1 is 0.941 bits per heavy atom. The number of piperidine rings is 1. The SMILES string of the molecule is CC(C)(C)C12CCC(F)(F)CN1CC1(CC1)C2. The highest BCUT2D eigenvalue weighted by Crippen LogP contribution is 2.64. The van der Waals surface area contributed by atoms with Gasteiger partial charge in [-0.05, 0) is 36.5 Å². The first-order valence-electron chi connectivity index (χ1n) is 6.81. The largest absolute Gasteiger partial charge is 0.291 e. The van der Waals surface area contributed by atoms with Crippen molar-refractivity contribution in [2.75, 3.05) is 13.1 Å². The highest BCUT2D eigenvalue weighted by Gasteiger charge is 2.65. The Labute approximate surface area is 103 Å². The molecule has 1 nitrogen and oxygen atoms in total. The molecule has 0 aromatic carbocycles. The van der Waals surface area contributed by atoms with E-state index in [4.69, 9.17) is 0 Å². The van der Waals surface area contributed by atoms with Crippen molar-refractivity contribution in [3.8, 4) is 0 Å². The minimum Gasteiger partial charge on any atom is -0.291 e. The van der Waals surface area contributed by atoms with Crippen LogP contribution in [0.4, 0.5) is 8.78 Å². The molecule has 1 spiro atoms. The predicted octanol–water partition coefficient (Wildman–Crippen LogP) is 3.69. The Morgan fingerprint density at radius 3 is 2.12 bits per heavy atom. The predicted molar refractivity (Wildman–Crippen MR) is 64.2 cm³/mol. The van der Waals surface area contributed by atoms with Crippen molar-refractivity contribution in [2.45, 2.75) is 64.3 Å². The van der Waals surface area contributed by atoms with E-state index in [1.54, 1.807) is 0 Å². The molecule has 0 aromatic heterocycles. The molecule has 0 aromatic rings. The lowest BCUT2D eigenvalue weighted by Crippen LogP contribution is -2.60. The molecule has 0 amide bonds. The summed E-state index contributed by atoms with van der Waals surface area (Å²) < 4.78 is 27.3. The Morgan fingerprint density at radius 2 is 1.59 bits per heavy atom. The highest BCUT2D eigenvalue weighted by atomic mass is 19.3. The van der Waals surface area contributed by atoms with Crippen LogP contribution in [0.5, 0.6) is 0 Å². The summed E-state index contributed by atoms with van der Waals surface area (Å²) in [5.74, 6) is -2.46. The van der Waals surface area contributed by atoms with Crippen molar-refractivity contribution in [1.29, 1.82) is 0 Å². The number of rotatable bonds is 0. The quantitative estimate of drug-likeness (QED) is 0.627. The summed E-state index contributed by atoms with van der Waals surface area (Å²) >= 11 is 0. The molecule has 17 heavy (non-hydrogen) atoms. The second kappa shape index (κ2) is 3.04. The first kappa shape index (κ1) is 11.9. The van der Waals surface area contributed by atoms with Gasteiger partial charge in [-0.2, -0.15) is 0 Å². The zero-order valence-electron chi connectivity index (χ0n) is 11.2. The van der Waals surface area contributed by atoms with Crippen LogP contribution in [0, 0.1) is 10.8 Å². The van der Waals surface area contributed by atoms with E-state index in [1.807, 2.05) is 0 Å². The molecule has 3 rings (SSSR count). The lowest BCUT2D eigenvalue weighted by Gasteiger charge is -2.53. The molecule has 0 radical (unpaired) electrons. The van der Waals surface area contributed by atoms with Gasteiger partial charge in [0.2, 0.25) is 0 Å². The Hall–Kier alpha value is -0.180. The molecule has 2 heterocycles. The standard InChI is InChI=1S/C14H23F2N/c1-11(2,3)13-6-7-14(15,16)10-17(13)9-12(8-13)4-5-12/h4-10H2,1-3H3. The summed E-state index contributed by atoms with van der Waals surface area (Å²) in [7, 11) is 0. The third-order valence-electron chi connectivity index (χ3n) is 5.48. The number of hydrogen-bond acceptors (Lipinski definition) is 1. The van der Waals surface area contributed by atoms with Gasteiger partial charge in [0.1, 0.15) is 0 Å². The first-order valence-corrected chi connectivity index (χ1v) is 6.81. The highest BCUT2D eigenvalue weighted by molar-refractivity contribution is 5.17. The van der Waals surface area contributed by atoms with E-state index in [-0.39, 0.29) is 23.9 Å². The summed E-state index contributed by atoms with van der Waals surface area (Å²) in [6, 6.07) is 0. The zero-order chi connectivity index (χ0) is 12.5. The molecular formula is C14H23F2N. The third kappa shape index (κ3) is 1.65. The fraction of sp³-hybridized carbons (Fsp3) is 1.00. The van der Waals surface area contributed by atoms with Gasteiger partial charge in [-0.1, -0.05) is 20.8 Å². The monoisotopic (exact) mass is 243 g/mol. The topological polar surface area (TPSA) is 3.24 Å². The van der Waals surface area contributed by atoms with E-state index in [0.717, 1.165) is 13.0 Å². The van der Waals surface area contributed by atoms with Gasteiger partial charge in [-0.15, -0.1) is 0 Å². The van der Waals surface area contributed by atoms with Crippen LogP contribution in [0.25, 0.3) is 0 Å². The molecule has 1 unspecified atom stereocenters. The molecule has 3 heteroatoms. The molecule has 3 fully saturated rings. The molecule has 1 aliphatic carbocycles. The minimum absolute atomic E-state index is 0.00792. The summed E-state index contributed by atoms with van der Waals surface area (Å²) in [5, 5.41) is 0. The van der Waals surface area contributed by atoms with Crippen LogP contribution in [-0.2, 0) is 0 Å². The van der Waals surface area contributed by atoms with Gasteiger partial charge in [0.15, 0.2) is 0 Å². The third-order valence-corrected chi connectivity index (χ3v) is 5.48. The van der Waals surface area contributed by atoms with Gasteiger partial charge in [-0.25, -0.2) is 8.78 Å². The van der Waals surface area contributed by atoms with Crippen molar-refractivity contribution >= 4 is 0 Å². The average Bonchev–Trinajstić information content (AvgIpc) is 2.77. The lowest BCUT2D eigenvalue weighted by molar-refractivity contribution is -0.127. The molecular weight excluding hydrogens is 220 g/mol. The average molecular weight is 243 g/mol. The molecule has 3 aliphatic rings. The lowest BCUT2D eigenvalue weighted by atomic mass is 9.66. The smallest absolute Gasteiger partial charge is 0.260 e. The number of nitrogens with zero attached hydrogens (tertiary/aromatic N) is 1. The summed E-state index contributed by atoms with van der Waals surface area (Å²) in [5.41, 5.74) is 0.550. The molecule has 2 aliphatic heterocycles. The number of hydrogen-bond donors (Lipinski definition) is 0. The van der Waals surface area contributed by atoms with Crippen molar-refractivity contribution in [3.63, 3.8) is 0 Å². The summed E-state index contributed by atoms with van der Waals surface area (Å²) in [6.07, 6.45) is 4.42. The number of alkyl halides is 2. The van der Waals surface area contributed by atoms with Gasteiger partial charge in [0, 0.05) is 18.5 Å². The van der Waals surface area contributed by atoms with E-state index in [1.165, 1.54) is 12.8 Å². The van der Waals surface area contributed by atoms with E-state index < -0.39 is 5.92 Å². The Bertz CT molecular complexity index is 341. The second-order valence-corrected chi connectivity index (χ2v) is 7.67. The van der Waals surface area contributed by atoms with Crippen LogP contribution in [0.15, 0.2) is 0 Å². The van der Waals surface area contributed by atoms with Gasteiger partial charge in [-0.3, -0.25) is 4.90 Å². The van der Waals surface area contributed by atoms with Crippen LogP contribution >= 0.6 is 0 Å².